The minimum atomic E-state index is 0.869. The number of rotatable bonds is 5. The van der Waals surface area contributed by atoms with E-state index in [1.165, 1.54) is 16.5 Å². The Hall–Kier alpha value is -3.32. The molecule has 140 valence electrons. The van der Waals surface area contributed by atoms with E-state index in [2.05, 4.69) is 49.5 Å². The normalized spacial score (nSPS) is 15.1. The van der Waals surface area contributed by atoms with Crippen molar-refractivity contribution >= 4 is 16.3 Å². The van der Waals surface area contributed by atoms with Crippen LogP contribution in [0.2, 0.25) is 0 Å². The third-order valence-electron chi connectivity index (χ3n) is 5.23. The van der Waals surface area contributed by atoms with Gasteiger partial charge in [-0.2, -0.15) is 10.2 Å². The zero-order chi connectivity index (χ0) is 18.8. The summed E-state index contributed by atoms with van der Waals surface area (Å²) in [5.74, 6) is 0.871. The van der Waals surface area contributed by atoms with Gasteiger partial charge in [-0.05, 0) is 23.4 Å². The molecule has 0 spiro atoms. The molecule has 0 saturated carbocycles. The van der Waals surface area contributed by atoms with Gasteiger partial charge in [0.2, 0.25) is 0 Å². The number of fused-ring (bicyclic) bond motifs is 1. The monoisotopic (exact) mass is 371 g/mol. The maximum Gasteiger partial charge on any atom is 0.161 e. The maximum absolute atomic E-state index is 4.58. The van der Waals surface area contributed by atoms with Crippen LogP contribution in [0.5, 0.6) is 0 Å². The summed E-state index contributed by atoms with van der Waals surface area (Å²) in [6.07, 6.45) is 12.5. The molecule has 5 rings (SSSR count). The molecule has 3 aromatic heterocycles. The zero-order valence-electron chi connectivity index (χ0n) is 15.5. The highest BCUT2D eigenvalue weighted by molar-refractivity contribution is 5.88. The first-order valence-corrected chi connectivity index (χ1v) is 9.50. The van der Waals surface area contributed by atoms with Crippen molar-refractivity contribution in [2.45, 2.75) is 13.0 Å². The lowest BCUT2D eigenvalue weighted by atomic mass is 10.0. The Balaban J connectivity index is 1.31. The van der Waals surface area contributed by atoms with Gasteiger partial charge in [-0.3, -0.25) is 9.58 Å². The van der Waals surface area contributed by atoms with Crippen LogP contribution in [0.1, 0.15) is 12.0 Å². The molecule has 0 saturated heterocycles. The van der Waals surface area contributed by atoms with Crippen LogP contribution >= 0.6 is 0 Å². The highest BCUT2D eigenvalue weighted by atomic mass is 15.3. The van der Waals surface area contributed by atoms with Crippen LogP contribution in [-0.4, -0.2) is 54.1 Å². The number of benzene rings is 1. The molecule has 0 fully saturated rings. The van der Waals surface area contributed by atoms with Gasteiger partial charge in [0, 0.05) is 43.0 Å². The second kappa shape index (κ2) is 7.36. The predicted molar refractivity (Wildman–Crippen MR) is 108 cm³/mol. The van der Waals surface area contributed by atoms with Gasteiger partial charge in [-0.25, -0.2) is 14.6 Å². The Kier molecular flexibility index (Phi) is 4.42. The minimum absolute atomic E-state index is 0.869. The molecule has 4 aromatic rings. The summed E-state index contributed by atoms with van der Waals surface area (Å²) in [6.45, 7) is 3.83. The second-order valence-corrected chi connectivity index (χ2v) is 6.97. The van der Waals surface area contributed by atoms with Crippen LogP contribution < -0.4 is 0 Å². The lowest BCUT2D eigenvalue weighted by Crippen LogP contribution is -2.31. The molecule has 0 N–H and O–H groups in total. The van der Waals surface area contributed by atoms with Crippen LogP contribution in [-0.2, 0) is 6.54 Å². The van der Waals surface area contributed by atoms with Crippen LogP contribution in [0, 0.1) is 0 Å². The molecule has 0 atom stereocenters. The van der Waals surface area contributed by atoms with E-state index in [1.54, 1.807) is 12.7 Å². The quantitative estimate of drug-likeness (QED) is 0.540. The average Bonchev–Trinajstić information content (AvgIpc) is 3.44. The van der Waals surface area contributed by atoms with E-state index in [-0.39, 0.29) is 0 Å². The van der Waals surface area contributed by atoms with E-state index in [0.29, 0.717) is 0 Å². The van der Waals surface area contributed by atoms with Gasteiger partial charge >= 0.3 is 0 Å². The fourth-order valence-corrected chi connectivity index (χ4v) is 3.66. The van der Waals surface area contributed by atoms with E-state index in [4.69, 9.17) is 0 Å². The number of aromatic nitrogens is 6. The van der Waals surface area contributed by atoms with Crippen molar-refractivity contribution in [2.75, 3.05) is 19.6 Å². The summed E-state index contributed by atoms with van der Waals surface area (Å²) in [6, 6.07) is 10.3. The topological polar surface area (TPSA) is 64.7 Å². The number of hydrogen-bond donors (Lipinski definition) is 0. The predicted octanol–water partition coefficient (Wildman–Crippen LogP) is 2.80. The Labute approximate surface area is 163 Å². The van der Waals surface area contributed by atoms with Gasteiger partial charge in [0.15, 0.2) is 5.82 Å². The fourth-order valence-electron chi connectivity index (χ4n) is 3.66. The smallest absolute Gasteiger partial charge is 0.161 e. The molecule has 4 heterocycles. The first-order chi connectivity index (χ1) is 13.9. The van der Waals surface area contributed by atoms with Crippen LogP contribution in [0.4, 0.5) is 0 Å². The second-order valence-electron chi connectivity index (χ2n) is 6.97. The summed E-state index contributed by atoms with van der Waals surface area (Å²) in [5, 5.41) is 11.0. The standard InChI is InChI=1S/C21H21N7/c1-2-4-20-18(3-1)5-8-23-21(20)28-14-19(13-24-28)17-6-9-26(10-7-17)11-12-27-16-22-15-25-27/h1-6,8,13-16H,7,9-12H2. The molecule has 0 bridgehead atoms. The summed E-state index contributed by atoms with van der Waals surface area (Å²) >= 11 is 0. The Morgan fingerprint density at radius 3 is 2.86 bits per heavy atom. The van der Waals surface area contributed by atoms with Gasteiger partial charge in [0.25, 0.3) is 0 Å². The molecule has 1 aliphatic heterocycles. The Morgan fingerprint density at radius 2 is 2.00 bits per heavy atom. The highest BCUT2D eigenvalue weighted by Crippen LogP contribution is 2.24. The molecule has 7 heteroatoms. The lowest BCUT2D eigenvalue weighted by Gasteiger charge is -2.25. The van der Waals surface area contributed by atoms with Gasteiger partial charge in [0.05, 0.1) is 12.7 Å². The maximum atomic E-state index is 4.58. The molecule has 0 aliphatic carbocycles. The molecule has 0 radical (unpaired) electrons. The largest absolute Gasteiger partial charge is 0.297 e. The SMILES string of the molecule is C1=C(c2cnn(-c3nccc4ccccc34)c2)CCN(CCn2cncn2)C1. The highest BCUT2D eigenvalue weighted by Gasteiger charge is 2.15. The van der Waals surface area contributed by atoms with E-state index in [0.717, 1.165) is 43.8 Å². The fraction of sp³-hybridized carbons (Fsp3) is 0.238. The van der Waals surface area contributed by atoms with E-state index in [1.807, 2.05) is 40.0 Å². The molecular formula is C21H21N7. The molecule has 1 aromatic carbocycles. The molecule has 1 aliphatic rings. The van der Waals surface area contributed by atoms with Crippen molar-refractivity contribution in [3.63, 3.8) is 0 Å². The molecular weight excluding hydrogens is 350 g/mol. The third-order valence-corrected chi connectivity index (χ3v) is 5.23. The van der Waals surface area contributed by atoms with Crippen molar-refractivity contribution < 1.29 is 0 Å². The molecule has 0 unspecified atom stereocenters. The average molecular weight is 371 g/mol. The number of pyridine rings is 1. The first-order valence-electron chi connectivity index (χ1n) is 9.50. The van der Waals surface area contributed by atoms with E-state index in [9.17, 15) is 0 Å². The molecule has 0 amide bonds. The van der Waals surface area contributed by atoms with Crippen molar-refractivity contribution in [2.24, 2.45) is 0 Å². The van der Waals surface area contributed by atoms with Gasteiger partial charge in [-0.15, -0.1) is 0 Å². The van der Waals surface area contributed by atoms with Gasteiger partial charge in [-0.1, -0.05) is 30.3 Å². The van der Waals surface area contributed by atoms with Crippen molar-refractivity contribution in [3.05, 3.63) is 73.2 Å². The van der Waals surface area contributed by atoms with Crippen LogP contribution in [0.3, 0.4) is 0 Å². The molecule has 28 heavy (non-hydrogen) atoms. The first kappa shape index (κ1) is 16.8. The Morgan fingerprint density at radius 1 is 1.04 bits per heavy atom. The van der Waals surface area contributed by atoms with E-state index >= 15 is 0 Å². The summed E-state index contributed by atoms with van der Waals surface area (Å²) in [7, 11) is 0. The summed E-state index contributed by atoms with van der Waals surface area (Å²) in [5.41, 5.74) is 2.52. The minimum Gasteiger partial charge on any atom is -0.297 e. The zero-order valence-corrected chi connectivity index (χ0v) is 15.5. The Bertz CT molecular complexity index is 1110. The van der Waals surface area contributed by atoms with Crippen molar-refractivity contribution in [3.8, 4) is 5.82 Å². The van der Waals surface area contributed by atoms with Gasteiger partial charge in [0.1, 0.15) is 12.7 Å². The number of nitrogens with zero attached hydrogens (tertiary/aromatic N) is 7. The summed E-state index contributed by atoms with van der Waals surface area (Å²) in [4.78, 5) is 11.0. The lowest BCUT2D eigenvalue weighted by molar-refractivity contribution is 0.283. The third kappa shape index (κ3) is 3.32. The summed E-state index contributed by atoms with van der Waals surface area (Å²) < 4.78 is 3.76. The van der Waals surface area contributed by atoms with Crippen LogP contribution in [0.25, 0.3) is 22.2 Å². The van der Waals surface area contributed by atoms with Crippen molar-refractivity contribution in [1.82, 2.24) is 34.4 Å². The van der Waals surface area contributed by atoms with Crippen LogP contribution in [0.15, 0.2) is 67.7 Å². The van der Waals surface area contributed by atoms with Gasteiger partial charge < -0.3 is 0 Å². The van der Waals surface area contributed by atoms with Crippen molar-refractivity contribution in [1.29, 1.82) is 0 Å². The molecule has 7 nitrogen and oxygen atoms in total. The number of hydrogen-bond acceptors (Lipinski definition) is 5. The van der Waals surface area contributed by atoms with E-state index < -0.39 is 0 Å².